The molecule has 2 aliphatic heterocycles. The highest BCUT2D eigenvalue weighted by molar-refractivity contribution is 4.96. The molecule has 3 heteroatoms. The average Bonchev–Trinajstić information content (AvgIpc) is 2.85. The van der Waals surface area contributed by atoms with Gasteiger partial charge in [-0.2, -0.15) is 0 Å². The van der Waals surface area contributed by atoms with Gasteiger partial charge in [0.2, 0.25) is 0 Å². The van der Waals surface area contributed by atoms with Crippen molar-refractivity contribution in [3.05, 3.63) is 0 Å². The molecule has 20 heavy (non-hydrogen) atoms. The molecule has 0 aromatic carbocycles. The van der Waals surface area contributed by atoms with Crippen molar-refractivity contribution in [2.45, 2.75) is 70.5 Å². The first kappa shape index (κ1) is 14.8. The van der Waals surface area contributed by atoms with Crippen molar-refractivity contribution in [3.8, 4) is 0 Å². The number of hydrogen-bond acceptors (Lipinski definition) is 3. The molecule has 4 unspecified atom stereocenters. The third-order valence-corrected chi connectivity index (χ3v) is 6.08. The van der Waals surface area contributed by atoms with Crippen molar-refractivity contribution < 1.29 is 14.6 Å². The van der Waals surface area contributed by atoms with Crippen molar-refractivity contribution in [1.29, 1.82) is 0 Å². The van der Waals surface area contributed by atoms with Crippen LogP contribution in [0.1, 0.15) is 58.8 Å². The quantitative estimate of drug-likeness (QED) is 0.845. The van der Waals surface area contributed by atoms with Gasteiger partial charge in [-0.25, -0.2) is 0 Å². The Labute approximate surface area is 123 Å². The van der Waals surface area contributed by atoms with Gasteiger partial charge in [0.25, 0.3) is 0 Å². The van der Waals surface area contributed by atoms with Crippen LogP contribution in [0.5, 0.6) is 0 Å². The summed E-state index contributed by atoms with van der Waals surface area (Å²) in [6.07, 6.45) is 7.89. The minimum atomic E-state index is -0.160. The lowest BCUT2D eigenvalue weighted by Crippen LogP contribution is -2.48. The van der Waals surface area contributed by atoms with Crippen LogP contribution in [0.15, 0.2) is 0 Å². The smallest absolute Gasteiger partial charge is 0.0940 e. The number of aliphatic hydroxyl groups excluding tert-OH is 1. The van der Waals surface area contributed by atoms with Crippen LogP contribution in [-0.2, 0) is 9.47 Å². The van der Waals surface area contributed by atoms with Crippen LogP contribution in [-0.4, -0.2) is 36.6 Å². The molecular formula is C17H30O3. The molecule has 1 saturated carbocycles. The number of rotatable bonds is 2. The molecule has 116 valence electrons. The van der Waals surface area contributed by atoms with E-state index in [1.807, 2.05) is 0 Å². The molecule has 1 aliphatic carbocycles. The fourth-order valence-corrected chi connectivity index (χ4v) is 4.70. The molecule has 3 nitrogen and oxygen atoms in total. The molecule has 3 fully saturated rings. The highest BCUT2D eigenvalue weighted by atomic mass is 16.6. The zero-order valence-electron chi connectivity index (χ0n) is 13.1. The Balaban J connectivity index is 1.68. The van der Waals surface area contributed by atoms with E-state index in [0.29, 0.717) is 11.8 Å². The normalized spacial score (nSPS) is 42.8. The van der Waals surface area contributed by atoms with Crippen LogP contribution in [0, 0.1) is 17.3 Å². The zero-order chi connectivity index (χ0) is 14.2. The molecule has 0 radical (unpaired) electrons. The number of ether oxygens (including phenoxy) is 2. The van der Waals surface area contributed by atoms with Crippen molar-refractivity contribution in [2.75, 3.05) is 19.8 Å². The Morgan fingerprint density at radius 3 is 2.65 bits per heavy atom. The predicted octanol–water partition coefficient (Wildman–Crippen LogP) is 3.15. The first-order valence-electron chi connectivity index (χ1n) is 8.42. The van der Waals surface area contributed by atoms with E-state index in [0.717, 1.165) is 39.1 Å². The van der Waals surface area contributed by atoms with Crippen molar-refractivity contribution in [1.82, 2.24) is 0 Å². The lowest BCUT2D eigenvalue weighted by molar-refractivity contribution is -0.133. The van der Waals surface area contributed by atoms with Gasteiger partial charge in [0, 0.05) is 19.6 Å². The molecule has 0 bridgehead atoms. The maximum Gasteiger partial charge on any atom is 0.0940 e. The minimum Gasteiger partial charge on any atom is -0.393 e. The van der Waals surface area contributed by atoms with Crippen molar-refractivity contribution in [2.24, 2.45) is 17.3 Å². The molecule has 2 saturated heterocycles. The van der Waals surface area contributed by atoms with Crippen molar-refractivity contribution in [3.63, 3.8) is 0 Å². The van der Waals surface area contributed by atoms with Gasteiger partial charge in [-0.1, -0.05) is 26.7 Å². The molecule has 1 N–H and O–H groups in total. The predicted molar refractivity (Wildman–Crippen MR) is 78.6 cm³/mol. The molecule has 0 aromatic heterocycles. The van der Waals surface area contributed by atoms with Gasteiger partial charge >= 0.3 is 0 Å². The second-order valence-corrected chi connectivity index (χ2v) is 7.92. The summed E-state index contributed by atoms with van der Waals surface area (Å²) in [7, 11) is 0. The van der Waals surface area contributed by atoms with Gasteiger partial charge in [0.15, 0.2) is 0 Å². The molecule has 3 aliphatic rings. The van der Waals surface area contributed by atoms with E-state index in [1.54, 1.807) is 0 Å². The van der Waals surface area contributed by atoms with E-state index in [4.69, 9.17) is 9.47 Å². The van der Waals surface area contributed by atoms with Crippen LogP contribution < -0.4 is 0 Å². The van der Waals surface area contributed by atoms with E-state index < -0.39 is 0 Å². The number of hydrogen-bond donors (Lipinski definition) is 1. The second kappa shape index (κ2) is 5.58. The monoisotopic (exact) mass is 282 g/mol. The fourth-order valence-electron chi connectivity index (χ4n) is 4.70. The highest BCUT2D eigenvalue weighted by Gasteiger charge is 2.46. The van der Waals surface area contributed by atoms with Crippen LogP contribution in [0.4, 0.5) is 0 Å². The van der Waals surface area contributed by atoms with Crippen LogP contribution in [0.2, 0.25) is 0 Å². The number of aliphatic hydroxyl groups is 1. The van der Waals surface area contributed by atoms with E-state index in [9.17, 15) is 5.11 Å². The van der Waals surface area contributed by atoms with Gasteiger partial charge in [-0.3, -0.25) is 0 Å². The summed E-state index contributed by atoms with van der Waals surface area (Å²) in [5, 5.41) is 11.0. The van der Waals surface area contributed by atoms with E-state index in [2.05, 4.69) is 13.8 Å². The van der Waals surface area contributed by atoms with Gasteiger partial charge in [0.1, 0.15) is 0 Å². The lowest BCUT2D eigenvalue weighted by Gasteiger charge is -2.46. The van der Waals surface area contributed by atoms with Gasteiger partial charge < -0.3 is 14.6 Å². The van der Waals surface area contributed by atoms with E-state index in [1.165, 1.54) is 25.7 Å². The Bertz CT molecular complexity index is 333. The lowest BCUT2D eigenvalue weighted by atomic mass is 9.63. The molecule has 0 amide bonds. The third-order valence-electron chi connectivity index (χ3n) is 6.08. The Morgan fingerprint density at radius 1 is 1.10 bits per heavy atom. The molecule has 1 spiro atoms. The van der Waals surface area contributed by atoms with Gasteiger partial charge in [-0.15, -0.1) is 0 Å². The van der Waals surface area contributed by atoms with E-state index >= 15 is 0 Å². The first-order chi connectivity index (χ1) is 9.53. The maximum atomic E-state index is 11.0. The molecule has 4 atom stereocenters. The van der Waals surface area contributed by atoms with Gasteiger partial charge in [-0.05, 0) is 42.9 Å². The minimum absolute atomic E-state index is 0.0806. The fraction of sp³-hybridized carbons (Fsp3) is 1.00. The highest BCUT2D eigenvalue weighted by Crippen LogP contribution is 2.47. The van der Waals surface area contributed by atoms with Crippen LogP contribution in [0.25, 0.3) is 0 Å². The summed E-state index contributed by atoms with van der Waals surface area (Å²) in [6.45, 7) is 7.02. The van der Waals surface area contributed by atoms with Crippen LogP contribution in [0.3, 0.4) is 0 Å². The summed E-state index contributed by atoms with van der Waals surface area (Å²) in [5.74, 6) is 0.853. The van der Waals surface area contributed by atoms with E-state index in [-0.39, 0.29) is 17.1 Å². The second-order valence-electron chi connectivity index (χ2n) is 7.92. The van der Waals surface area contributed by atoms with Crippen molar-refractivity contribution >= 4 is 0 Å². The SMILES string of the molecule is CC1(C)CCCCC1C(O)C1CCOC2(CCOC2)C1. The molecule has 2 heterocycles. The summed E-state index contributed by atoms with van der Waals surface area (Å²) < 4.78 is 11.6. The zero-order valence-corrected chi connectivity index (χ0v) is 13.1. The summed E-state index contributed by atoms with van der Waals surface area (Å²) in [5.41, 5.74) is 0.206. The third kappa shape index (κ3) is 2.77. The summed E-state index contributed by atoms with van der Waals surface area (Å²) in [4.78, 5) is 0. The standard InChI is InChI=1S/C17H30O3/c1-16(2)7-4-3-5-14(16)15(18)13-6-9-20-17(11-13)8-10-19-12-17/h13-15,18H,3-12H2,1-2H3. The topological polar surface area (TPSA) is 38.7 Å². The Hall–Kier alpha value is -0.120. The molecule has 3 rings (SSSR count). The van der Waals surface area contributed by atoms with Crippen LogP contribution >= 0.6 is 0 Å². The molecule has 0 aromatic rings. The summed E-state index contributed by atoms with van der Waals surface area (Å²) in [6, 6.07) is 0. The van der Waals surface area contributed by atoms with Gasteiger partial charge in [0.05, 0.1) is 18.3 Å². The Kier molecular flexibility index (Phi) is 4.13. The summed E-state index contributed by atoms with van der Waals surface area (Å²) >= 11 is 0. The largest absolute Gasteiger partial charge is 0.393 e. The molecular weight excluding hydrogens is 252 g/mol. The first-order valence-corrected chi connectivity index (χ1v) is 8.42. The average molecular weight is 282 g/mol. The Morgan fingerprint density at radius 2 is 1.95 bits per heavy atom. The maximum absolute atomic E-state index is 11.0.